The van der Waals surface area contributed by atoms with Crippen LogP contribution in [0.2, 0.25) is 0 Å². The van der Waals surface area contributed by atoms with Gasteiger partial charge in [0, 0.05) is 43.3 Å². The predicted octanol–water partition coefficient (Wildman–Crippen LogP) is 4.44. The molecule has 27 heavy (non-hydrogen) atoms. The fraction of sp³-hybridized carbons (Fsp3) is 0.263. The molecule has 0 unspecified atom stereocenters. The second-order valence-corrected chi connectivity index (χ2v) is 6.61. The molecule has 1 fully saturated rings. The molecule has 1 aliphatic rings. The van der Waals surface area contributed by atoms with Gasteiger partial charge in [0.15, 0.2) is 0 Å². The summed E-state index contributed by atoms with van der Waals surface area (Å²) in [5.74, 6) is -1.95. The average molecular weight is 371 g/mol. The van der Waals surface area contributed by atoms with Crippen LogP contribution < -0.4 is 15.5 Å². The van der Waals surface area contributed by atoms with E-state index in [1.54, 1.807) is 12.1 Å². The second-order valence-electron chi connectivity index (χ2n) is 6.61. The highest BCUT2D eigenvalue weighted by molar-refractivity contribution is 6.00. The average Bonchev–Trinajstić information content (AvgIpc) is 3.10. The SMILES string of the molecule is O=C(Nc1ccc(N2CCC(F)(F)CC2)nc1)Nc1ccc2cc[nH]c2c1. The van der Waals surface area contributed by atoms with E-state index in [1.807, 2.05) is 35.4 Å². The van der Waals surface area contributed by atoms with E-state index in [2.05, 4.69) is 20.6 Å². The van der Waals surface area contributed by atoms with Gasteiger partial charge in [-0.25, -0.2) is 18.6 Å². The van der Waals surface area contributed by atoms with Crippen molar-refractivity contribution in [3.05, 3.63) is 48.8 Å². The lowest BCUT2D eigenvalue weighted by atomic mass is 10.1. The first kappa shape index (κ1) is 17.3. The van der Waals surface area contributed by atoms with E-state index >= 15 is 0 Å². The van der Waals surface area contributed by atoms with Gasteiger partial charge in [0.2, 0.25) is 0 Å². The van der Waals surface area contributed by atoms with E-state index in [0.717, 1.165) is 10.9 Å². The minimum Gasteiger partial charge on any atom is -0.361 e. The summed E-state index contributed by atoms with van der Waals surface area (Å²) in [5.41, 5.74) is 2.13. The number of fused-ring (bicyclic) bond motifs is 1. The first-order valence-corrected chi connectivity index (χ1v) is 8.73. The molecule has 1 aliphatic heterocycles. The first-order valence-electron chi connectivity index (χ1n) is 8.73. The monoisotopic (exact) mass is 371 g/mol. The fourth-order valence-corrected chi connectivity index (χ4v) is 3.13. The number of alkyl halides is 2. The van der Waals surface area contributed by atoms with Crippen LogP contribution in [0.25, 0.3) is 10.9 Å². The number of nitrogens with one attached hydrogen (secondary N) is 3. The summed E-state index contributed by atoms with van der Waals surface area (Å²) in [5, 5.41) is 6.55. The number of pyridine rings is 1. The number of halogens is 2. The molecule has 8 heteroatoms. The number of carbonyl (C=O) groups is 1. The van der Waals surface area contributed by atoms with Gasteiger partial charge >= 0.3 is 6.03 Å². The van der Waals surface area contributed by atoms with Crippen molar-refractivity contribution in [3.63, 3.8) is 0 Å². The third-order valence-corrected chi connectivity index (χ3v) is 4.64. The number of carbonyl (C=O) groups excluding carboxylic acids is 1. The Hall–Kier alpha value is -3.16. The fourth-order valence-electron chi connectivity index (χ4n) is 3.13. The highest BCUT2D eigenvalue weighted by Crippen LogP contribution is 2.29. The zero-order chi connectivity index (χ0) is 18.9. The molecule has 4 rings (SSSR count). The number of H-pyrrole nitrogens is 1. The van der Waals surface area contributed by atoms with Crippen molar-refractivity contribution in [2.75, 3.05) is 28.6 Å². The number of hydrogen-bond donors (Lipinski definition) is 3. The minimum atomic E-state index is -2.58. The van der Waals surface area contributed by atoms with Crippen LogP contribution in [0.5, 0.6) is 0 Å². The maximum absolute atomic E-state index is 13.2. The van der Waals surface area contributed by atoms with Crippen LogP contribution in [0, 0.1) is 0 Å². The molecule has 0 radical (unpaired) electrons. The number of aromatic nitrogens is 2. The molecule has 6 nitrogen and oxygen atoms in total. The lowest BCUT2D eigenvalue weighted by Gasteiger charge is -2.32. The topological polar surface area (TPSA) is 73.1 Å². The maximum atomic E-state index is 13.2. The van der Waals surface area contributed by atoms with E-state index in [9.17, 15) is 13.6 Å². The largest absolute Gasteiger partial charge is 0.361 e. The number of piperidine rings is 1. The van der Waals surface area contributed by atoms with Gasteiger partial charge in [0.1, 0.15) is 5.82 Å². The third kappa shape index (κ3) is 3.99. The molecule has 0 bridgehead atoms. The van der Waals surface area contributed by atoms with Crippen LogP contribution in [0.4, 0.5) is 30.8 Å². The molecule has 3 heterocycles. The first-order chi connectivity index (χ1) is 13.0. The summed E-state index contributed by atoms with van der Waals surface area (Å²) >= 11 is 0. The molecular formula is C19H19F2N5O. The highest BCUT2D eigenvalue weighted by atomic mass is 19.3. The van der Waals surface area contributed by atoms with Gasteiger partial charge in [0.25, 0.3) is 5.92 Å². The molecular weight excluding hydrogens is 352 g/mol. The van der Waals surface area contributed by atoms with E-state index in [1.165, 1.54) is 6.20 Å². The standard InChI is InChI=1S/C19H19F2N5O/c20-19(21)6-9-26(10-7-19)17-4-3-15(12-23-17)25-18(27)24-14-2-1-13-5-8-22-16(13)11-14/h1-5,8,11-12,22H,6-7,9-10H2,(H2,24,25,27). The Morgan fingerprint density at radius 1 is 1.07 bits per heavy atom. The molecule has 3 N–H and O–H groups in total. The lowest BCUT2D eigenvalue weighted by molar-refractivity contribution is -0.0221. The number of hydrogen-bond acceptors (Lipinski definition) is 3. The van der Waals surface area contributed by atoms with Gasteiger partial charge < -0.3 is 20.5 Å². The quantitative estimate of drug-likeness (QED) is 0.637. The summed E-state index contributed by atoms with van der Waals surface area (Å²) < 4.78 is 26.5. The minimum absolute atomic E-state index is 0.164. The highest BCUT2D eigenvalue weighted by Gasteiger charge is 2.34. The number of nitrogens with zero attached hydrogens (tertiary/aromatic N) is 2. The second kappa shape index (κ2) is 6.86. The summed E-state index contributed by atoms with van der Waals surface area (Å²) in [6.07, 6.45) is 3.03. The maximum Gasteiger partial charge on any atom is 0.323 e. The molecule has 0 atom stereocenters. The predicted molar refractivity (Wildman–Crippen MR) is 102 cm³/mol. The van der Waals surface area contributed by atoms with Crippen molar-refractivity contribution in [1.29, 1.82) is 0 Å². The van der Waals surface area contributed by atoms with Crippen molar-refractivity contribution < 1.29 is 13.6 Å². The van der Waals surface area contributed by atoms with Crippen LogP contribution >= 0.6 is 0 Å². The molecule has 3 aromatic rings. The molecule has 1 aromatic carbocycles. The van der Waals surface area contributed by atoms with Gasteiger partial charge in [-0.2, -0.15) is 0 Å². The molecule has 1 saturated heterocycles. The summed E-state index contributed by atoms with van der Waals surface area (Å²) in [6.45, 7) is 0.545. The normalized spacial score (nSPS) is 16.3. The summed E-state index contributed by atoms with van der Waals surface area (Å²) in [6, 6.07) is 10.6. The van der Waals surface area contributed by atoms with Crippen LogP contribution in [0.1, 0.15) is 12.8 Å². The number of amides is 2. The number of benzene rings is 1. The van der Waals surface area contributed by atoms with Crippen molar-refractivity contribution in [1.82, 2.24) is 9.97 Å². The zero-order valence-electron chi connectivity index (χ0n) is 14.5. The Labute approximate surface area is 154 Å². The smallest absolute Gasteiger partial charge is 0.323 e. The lowest BCUT2D eigenvalue weighted by Crippen LogP contribution is -2.39. The van der Waals surface area contributed by atoms with Crippen molar-refractivity contribution in [3.8, 4) is 0 Å². The Morgan fingerprint density at radius 2 is 1.81 bits per heavy atom. The van der Waals surface area contributed by atoms with Gasteiger partial charge in [0.05, 0.1) is 11.9 Å². The van der Waals surface area contributed by atoms with Crippen LogP contribution in [-0.2, 0) is 0 Å². The molecule has 0 saturated carbocycles. The molecule has 140 valence electrons. The summed E-state index contributed by atoms with van der Waals surface area (Å²) in [4.78, 5) is 21.4. The van der Waals surface area contributed by atoms with Gasteiger partial charge in [-0.05, 0) is 35.7 Å². The van der Waals surface area contributed by atoms with Crippen LogP contribution in [0.15, 0.2) is 48.8 Å². The van der Waals surface area contributed by atoms with Crippen molar-refractivity contribution in [2.45, 2.75) is 18.8 Å². The number of anilines is 3. The summed E-state index contributed by atoms with van der Waals surface area (Å²) in [7, 11) is 0. The molecule has 2 aromatic heterocycles. The third-order valence-electron chi connectivity index (χ3n) is 4.64. The number of urea groups is 1. The molecule has 0 spiro atoms. The van der Waals surface area contributed by atoms with Crippen LogP contribution in [0.3, 0.4) is 0 Å². The Kier molecular flexibility index (Phi) is 4.39. The van der Waals surface area contributed by atoms with Gasteiger partial charge in [-0.15, -0.1) is 0 Å². The Balaban J connectivity index is 1.35. The van der Waals surface area contributed by atoms with E-state index < -0.39 is 5.92 Å². The van der Waals surface area contributed by atoms with E-state index in [-0.39, 0.29) is 32.0 Å². The van der Waals surface area contributed by atoms with Crippen molar-refractivity contribution >= 4 is 34.1 Å². The van der Waals surface area contributed by atoms with Crippen LogP contribution in [-0.4, -0.2) is 35.0 Å². The van der Waals surface area contributed by atoms with Gasteiger partial charge in [-0.1, -0.05) is 6.07 Å². The van der Waals surface area contributed by atoms with E-state index in [0.29, 0.717) is 17.2 Å². The van der Waals surface area contributed by atoms with E-state index in [4.69, 9.17) is 0 Å². The number of rotatable bonds is 3. The number of aromatic amines is 1. The Morgan fingerprint density at radius 3 is 2.56 bits per heavy atom. The van der Waals surface area contributed by atoms with Crippen molar-refractivity contribution in [2.24, 2.45) is 0 Å². The van der Waals surface area contributed by atoms with Gasteiger partial charge in [-0.3, -0.25) is 0 Å². The Bertz CT molecular complexity index is 944. The molecule has 2 amide bonds. The molecule has 0 aliphatic carbocycles. The zero-order valence-corrected chi connectivity index (χ0v) is 14.5.